The lowest BCUT2D eigenvalue weighted by molar-refractivity contribution is -0.142. The second kappa shape index (κ2) is 3.92. The van der Waals surface area contributed by atoms with Crippen molar-refractivity contribution >= 4 is 11.7 Å². The molecule has 0 unspecified atom stereocenters. The first kappa shape index (κ1) is 10.0. The van der Waals surface area contributed by atoms with Crippen LogP contribution in [-0.4, -0.2) is 34.4 Å². The summed E-state index contributed by atoms with van der Waals surface area (Å²) in [6, 6.07) is 0. The number of H-pyrrole nitrogens is 1. The van der Waals surface area contributed by atoms with Gasteiger partial charge in [0.05, 0.1) is 23.5 Å². The fraction of sp³-hybridized carbons (Fsp3) is 0.600. The van der Waals surface area contributed by atoms with E-state index in [0.717, 1.165) is 37.3 Å². The molecule has 1 aromatic heterocycles. The Bertz CT molecular complexity index is 353. The number of hydrogen-bond donors (Lipinski definition) is 2. The van der Waals surface area contributed by atoms with Crippen LogP contribution in [0.3, 0.4) is 0 Å². The molecule has 0 amide bonds. The summed E-state index contributed by atoms with van der Waals surface area (Å²) in [5.74, 6) is -0.841. The van der Waals surface area contributed by atoms with Gasteiger partial charge in [0.25, 0.3) is 0 Å². The molecule has 82 valence electrons. The van der Waals surface area contributed by atoms with Gasteiger partial charge in [0.15, 0.2) is 0 Å². The third-order valence-electron chi connectivity index (χ3n) is 2.99. The van der Waals surface area contributed by atoms with Gasteiger partial charge >= 0.3 is 5.97 Å². The lowest BCUT2D eigenvalue weighted by atomic mass is 9.97. The third-order valence-corrected chi connectivity index (χ3v) is 2.99. The number of anilines is 1. The number of piperidine rings is 1. The van der Waals surface area contributed by atoms with Crippen LogP contribution < -0.4 is 4.90 Å². The Morgan fingerprint density at radius 2 is 2.27 bits per heavy atom. The zero-order valence-corrected chi connectivity index (χ0v) is 8.73. The predicted octanol–water partition coefficient (Wildman–Crippen LogP) is 1.02. The van der Waals surface area contributed by atoms with Crippen LogP contribution in [0.5, 0.6) is 0 Å². The SMILES string of the molecule is Cc1[nH]ncc1N1CCC(C(=O)O)CC1. The van der Waals surface area contributed by atoms with Gasteiger partial charge in [-0.3, -0.25) is 9.89 Å². The number of carboxylic acid groups (broad SMARTS) is 1. The van der Waals surface area contributed by atoms with E-state index in [0.29, 0.717) is 0 Å². The molecule has 1 aliphatic heterocycles. The molecule has 1 saturated heterocycles. The summed E-state index contributed by atoms with van der Waals surface area (Å²) in [4.78, 5) is 13.0. The molecule has 15 heavy (non-hydrogen) atoms. The first-order valence-corrected chi connectivity index (χ1v) is 5.16. The van der Waals surface area contributed by atoms with Gasteiger partial charge in [-0.1, -0.05) is 0 Å². The summed E-state index contributed by atoms with van der Waals surface area (Å²) in [7, 11) is 0. The van der Waals surface area contributed by atoms with Crippen LogP contribution in [0.15, 0.2) is 6.20 Å². The molecule has 0 aromatic carbocycles. The van der Waals surface area contributed by atoms with Crippen molar-refractivity contribution in [3.63, 3.8) is 0 Å². The van der Waals surface area contributed by atoms with Gasteiger partial charge in [-0.05, 0) is 19.8 Å². The number of aliphatic carboxylic acids is 1. The molecular weight excluding hydrogens is 194 g/mol. The van der Waals surface area contributed by atoms with Crippen LogP contribution in [0.2, 0.25) is 0 Å². The Morgan fingerprint density at radius 1 is 1.60 bits per heavy atom. The molecule has 0 atom stereocenters. The van der Waals surface area contributed by atoms with Gasteiger partial charge in [0, 0.05) is 13.1 Å². The standard InChI is InChI=1S/C10H15N3O2/c1-7-9(6-11-12-7)13-4-2-8(3-5-13)10(14)15/h6,8H,2-5H2,1H3,(H,11,12)(H,14,15). The Kier molecular flexibility index (Phi) is 2.62. The molecule has 2 heterocycles. The minimum Gasteiger partial charge on any atom is -0.481 e. The molecule has 5 heteroatoms. The maximum absolute atomic E-state index is 10.8. The summed E-state index contributed by atoms with van der Waals surface area (Å²) < 4.78 is 0. The van der Waals surface area contributed by atoms with E-state index in [-0.39, 0.29) is 5.92 Å². The summed E-state index contributed by atoms with van der Waals surface area (Å²) in [6.45, 7) is 3.58. The van der Waals surface area contributed by atoms with E-state index >= 15 is 0 Å². The zero-order chi connectivity index (χ0) is 10.8. The fourth-order valence-electron chi connectivity index (χ4n) is 2.03. The number of nitrogens with one attached hydrogen (secondary N) is 1. The van der Waals surface area contributed by atoms with Crippen molar-refractivity contribution in [2.45, 2.75) is 19.8 Å². The molecule has 5 nitrogen and oxygen atoms in total. The van der Waals surface area contributed by atoms with Crippen molar-refractivity contribution in [3.05, 3.63) is 11.9 Å². The molecule has 0 aliphatic carbocycles. The van der Waals surface area contributed by atoms with Crippen molar-refractivity contribution in [2.75, 3.05) is 18.0 Å². The number of carbonyl (C=O) groups is 1. The molecule has 0 bridgehead atoms. The van der Waals surface area contributed by atoms with Crippen LogP contribution in [0, 0.1) is 12.8 Å². The Hall–Kier alpha value is -1.52. The molecule has 0 spiro atoms. The number of aryl methyl sites for hydroxylation is 1. The van der Waals surface area contributed by atoms with E-state index in [1.807, 2.05) is 6.92 Å². The van der Waals surface area contributed by atoms with Crippen molar-refractivity contribution in [3.8, 4) is 0 Å². The van der Waals surface area contributed by atoms with Crippen LogP contribution in [0.1, 0.15) is 18.5 Å². The summed E-state index contributed by atoms with van der Waals surface area (Å²) in [6.07, 6.45) is 3.25. The number of aromatic amines is 1. The summed E-state index contributed by atoms with van der Waals surface area (Å²) in [5, 5.41) is 15.7. The zero-order valence-electron chi connectivity index (χ0n) is 8.73. The van der Waals surface area contributed by atoms with Crippen LogP contribution in [0.25, 0.3) is 0 Å². The van der Waals surface area contributed by atoms with E-state index in [2.05, 4.69) is 15.1 Å². The minimum atomic E-state index is -0.668. The highest BCUT2D eigenvalue weighted by molar-refractivity contribution is 5.70. The highest BCUT2D eigenvalue weighted by Crippen LogP contribution is 2.24. The average Bonchev–Trinajstić information content (AvgIpc) is 2.65. The Balaban J connectivity index is 2.00. The van der Waals surface area contributed by atoms with Crippen molar-refractivity contribution < 1.29 is 9.90 Å². The highest BCUT2D eigenvalue weighted by Gasteiger charge is 2.25. The van der Waals surface area contributed by atoms with Gasteiger partial charge in [-0.15, -0.1) is 0 Å². The van der Waals surface area contributed by atoms with E-state index in [1.54, 1.807) is 6.20 Å². The molecule has 1 aliphatic rings. The monoisotopic (exact) mass is 209 g/mol. The molecule has 2 rings (SSSR count). The largest absolute Gasteiger partial charge is 0.481 e. The lowest BCUT2D eigenvalue weighted by Crippen LogP contribution is -2.36. The average molecular weight is 209 g/mol. The van der Waals surface area contributed by atoms with E-state index < -0.39 is 5.97 Å². The first-order valence-electron chi connectivity index (χ1n) is 5.16. The first-order chi connectivity index (χ1) is 7.18. The predicted molar refractivity (Wildman–Crippen MR) is 55.9 cm³/mol. The van der Waals surface area contributed by atoms with Gasteiger partial charge in [-0.25, -0.2) is 0 Å². The topological polar surface area (TPSA) is 69.2 Å². The van der Waals surface area contributed by atoms with Gasteiger partial charge in [-0.2, -0.15) is 5.10 Å². The van der Waals surface area contributed by atoms with E-state index in [1.165, 1.54) is 0 Å². The van der Waals surface area contributed by atoms with E-state index in [4.69, 9.17) is 5.11 Å². The fourth-order valence-corrected chi connectivity index (χ4v) is 2.03. The molecule has 2 N–H and O–H groups in total. The molecule has 0 radical (unpaired) electrons. The summed E-state index contributed by atoms with van der Waals surface area (Å²) in [5.41, 5.74) is 2.14. The van der Waals surface area contributed by atoms with Gasteiger partial charge in [0.1, 0.15) is 0 Å². The maximum atomic E-state index is 10.8. The number of nitrogens with zero attached hydrogens (tertiary/aromatic N) is 2. The smallest absolute Gasteiger partial charge is 0.306 e. The number of rotatable bonds is 2. The van der Waals surface area contributed by atoms with E-state index in [9.17, 15) is 4.79 Å². The molecule has 1 aromatic rings. The number of aromatic nitrogens is 2. The Morgan fingerprint density at radius 3 is 2.73 bits per heavy atom. The van der Waals surface area contributed by atoms with Crippen molar-refractivity contribution in [1.29, 1.82) is 0 Å². The molecule has 0 saturated carbocycles. The minimum absolute atomic E-state index is 0.173. The lowest BCUT2D eigenvalue weighted by Gasteiger charge is -2.31. The second-order valence-electron chi connectivity index (χ2n) is 3.98. The number of hydrogen-bond acceptors (Lipinski definition) is 3. The maximum Gasteiger partial charge on any atom is 0.306 e. The van der Waals surface area contributed by atoms with Crippen molar-refractivity contribution in [2.24, 2.45) is 5.92 Å². The van der Waals surface area contributed by atoms with Crippen LogP contribution in [0.4, 0.5) is 5.69 Å². The normalized spacial score (nSPS) is 18.1. The number of carboxylic acids is 1. The third kappa shape index (κ3) is 1.95. The second-order valence-corrected chi connectivity index (χ2v) is 3.98. The summed E-state index contributed by atoms with van der Waals surface area (Å²) >= 11 is 0. The van der Waals surface area contributed by atoms with Crippen molar-refractivity contribution in [1.82, 2.24) is 10.2 Å². The molecular formula is C10H15N3O2. The molecule has 1 fully saturated rings. The quantitative estimate of drug-likeness (QED) is 0.763. The van der Waals surface area contributed by atoms with Gasteiger partial charge in [0.2, 0.25) is 0 Å². The van der Waals surface area contributed by atoms with Gasteiger partial charge < -0.3 is 10.0 Å². The van der Waals surface area contributed by atoms with Crippen LogP contribution >= 0.6 is 0 Å². The highest BCUT2D eigenvalue weighted by atomic mass is 16.4. The Labute approximate surface area is 88.1 Å². The van der Waals surface area contributed by atoms with Crippen LogP contribution in [-0.2, 0) is 4.79 Å².